The van der Waals surface area contributed by atoms with Gasteiger partial charge in [-0.1, -0.05) is 48.0 Å². The number of aliphatic imine (C=N–C) groups is 1. The van der Waals surface area contributed by atoms with Crippen molar-refractivity contribution in [2.24, 2.45) is 4.99 Å². The summed E-state index contributed by atoms with van der Waals surface area (Å²) in [7, 11) is -3.65. The van der Waals surface area contributed by atoms with Crippen LogP contribution in [0.2, 0.25) is 0 Å². The van der Waals surface area contributed by atoms with E-state index in [4.69, 9.17) is 14.6 Å². The average Bonchev–Trinajstić information content (AvgIpc) is 3.39. The van der Waals surface area contributed by atoms with Gasteiger partial charge in [0.05, 0.1) is 17.3 Å². The number of amides is 1. The summed E-state index contributed by atoms with van der Waals surface area (Å²) in [4.78, 5) is 18.3. The van der Waals surface area contributed by atoms with E-state index in [1.54, 1.807) is 42.5 Å². The summed E-state index contributed by atoms with van der Waals surface area (Å²) >= 11 is 0. The fourth-order valence-electron chi connectivity index (χ4n) is 4.11. The molecule has 3 aromatic rings. The van der Waals surface area contributed by atoms with Crippen molar-refractivity contribution in [2.45, 2.75) is 36.7 Å². The molecule has 9 nitrogen and oxygen atoms in total. The molecule has 1 heterocycles. The Morgan fingerprint density at radius 1 is 1.08 bits per heavy atom. The second-order valence-electron chi connectivity index (χ2n) is 9.37. The molecule has 0 saturated heterocycles. The van der Waals surface area contributed by atoms with Crippen LogP contribution in [0.4, 0.5) is 0 Å². The summed E-state index contributed by atoms with van der Waals surface area (Å²) in [5.41, 5.74) is 6.94. The fourth-order valence-corrected chi connectivity index (χ4v) is 5.53. The molecule has 0 spiro atoms. The number of hydrogen-bond donors (Lipinski definition) is 3. The molecule has 0 saturated carbocycles. The minimum absolute atomic E-state index is 0.0483. The fraction of sp³-hybridized carbons (Fsp3) is 0.310. The van der Waals surface area contributed by atoms with Crippen molar-refractivity contribution in [1.82, 2.24) is 10.9 Å². The maximum Gasteiger partial charge on any atom is 0.265 e. The van der Waals surface area contributed by atoms with Gasteiger partial charge in [0.25, 0.3) is 5.91 Å². The van der Waals surface area contributed by atoms with Gasteiger partial charge in [0.1, 0.15) is 12.4 Å². The largest absolute Gasteiger partial charge is 0.494 e. The molecule has 1 amide bonds. The van der Waals surface area contributed by atoms with Gasteiger partial charge >= 0.3 is 0 Å². The van der Waals surface area contributed by atoms with Crippen LogP contribution in [-0.2, 0) is 25.9 Å². The number of sulfone groups is 1. The molecule has 0 bridgehead atoms. The Morgan fingerprint density at radius 3 is 2.56 bits per heavy atom. The Morgan fingerprint density at radius 2 is 1.85 bits per heavy atom. The predicted molar refractivity (Wildman–Crippen MR) is 148 cm³/mol. The first-order valence-corrected chi connectivity index (χ1v) is 14.4. The molecule has 10 heteroatoms. The van der Waals surface area contributed by atoms with Gasteiger partial charge in [-0.2, -0.15) is 0 Å². The SMILES string of the molecule is Cc1cccc(CNNC(=O)[C@]2(CCS(=O)(=O)c3ccccc3)COC(c3ccc(OCCCO)cc3)=N2)c1. The normalized spacial score (nSPS) is 16.8. The van der Waals surface area contributed by atoms with Crippen molar-refractivity contribution in [3.63, 3.8) is 0 Å². The van der Waals surface area contributed by atoms with E-state index in [0.29, 0.717) is 30.9 Å². The van der Waals surface area contributed by atoms with Gasteiger partial charge in [-0.15, -0.1) is 0 Å². The smallest absolute Gasteiger partial charge is 0.265 e. The predicted octanol–water partition coefficient (Wildman–Crippen LogP) is 2.96. The van der Waals surface area contributed by atoms with Gasteiger partial charge in [0.2, 0.25) is 5.90 Å². The van der Waals surface area contributed by atoms with Crippen molar-refractivity contribution >= 4 is 21.6 Å². The van der Waals surface area contributed by atoms with Crippen molar-refractivity contribution < 1.29 is 27.8 Å². The van der Waals surface area contributed by atoms with Crippen molar-refractivity contribution in [3.05, 3.63) is 95.6 Å². The van der Waals surface area contributed by atoms with E-state index < -0.39 is 21.3 Å². The Labute approximate surface area is 228 Å². The molecule has 1 aliphatic rings. The van der Waals surface area contributed by atoms with Crippen molar-refractivity contribution in [3.8, 4) is 5.75 Å². The summed E-state index contributed by atoms with van der Waals surface area (Å²) in [6.45, 7) is 2.72. The third-order valence-corrected chi connectivity index (χ3v) is 8.05. The summed E-state index contributed by atoms with van der Waals surface area (Å²) < 4.78 is 37.5. The van der Waals surface area contributed by atoms with E-state index in [1.807, 2.05) is 31.2 Å². The first kappa shape index (κ1) is 28.3. The van der Waals surface area contributed by atoms with Crippen LogP contribution in [0, 0.1) is 6.92 Å². The molecule has 1 aliphatic heterocycles. The molecule has 4 rings (SSSR count). The second kappa shape index (κ2) is 12.9. The monoisotopic (exact) mass is 551 g/mol. The molecule has 39 heavy (non-hydrogen) atoms. The zero-order valence-electron chi connectivity index (χ0n) is 21.8. The summed E-state index contributed by atoms with van der Waals surface area (Å²) in [5.74, 6) is 0.129. The molecule has 3 N–H and O–H groups in total. The van der Waals surface area contributed by atoms with Crippen LogP contribution in [0.1, 0.15) is 29.5 Å². The molecule has 3 aromatic carbocycles. The average molecular weight is 552 g/mol. The maximum absolute atomic E-state index is 13.5. The van der Waals surface area contributed by atoms with E-state index >= 15 is 0 Å². The van der Waals surface area contributed by atoms with E-state index in [0.717, 1.165) is 11.1 Å². The molecular formula is C29H33N3O6S. The van der Waals surface area contributed by atoms with E-state index in [-0.39, 0.29) is 36.2 Å². The Kier molecular flexibility index (Phi) is 9.34. The van der Waals surface area contributed by atoms with Gasteiger partial charge in [0.15, 0.2) is 15.4 Å². The molecule has 1 atom stereocenters. The number of aliphatic hydroxyl groups is 1. The lowest BCUT2D eigenvalue weighted by atomic mass is 9.98. The highest BCUT2D eigenvalue weighted by atomic mass is 32.2. The number of benzene rings is 3. The molecule has 206 valence electrons. The molecule has 0 fully saturated rings. The minimum atomic E-state index is -3.65. The quantitative estimate of drug-likeness (QED) is 0.220. The number of aliphatic hydroxyl groups excluding tert-OH is 1. The van der Waals surface area contributed by atoms with Gasteiger partial charge < -0.3 is 14.6 Å². The summed E-state index contributed by atoms with van der Waals surface area (Å²) in [6.07, 6.45) is 0.465. The minimum Gasteiger partial charge on any atom is -0.494 e. The number of carbonyl (C=O) groups excluding carboxylic acids is 1. The van der Waals surface area contributed by atoms with Crippen LogP contribution in [-0.4, -0.2) is 56.4 Å². The molecule has 0 aromatic heterocycles. The van der Waals surface area contributed by atoms with E-state index in [9.17, 15) is 13.2 Å². The van der Waals surface area contributed by atoms with Gasteiger partial charge in [-0.25, -0.2) is 18.8 Å². The van der Waals surface area contributed by atoms with Gasteiger partial charge in [-0.05, 0) is 55.3 Å². The number of carbonyl (C=O) groups is 1. The van der Waals surface area contributed by atoms with Crippen molar-refractivity contribution in [1.29, 1.82) is 0 Å². The third-order valence-electron chi connectivity index (χ3n) is 6.32. The summed E-state index contributed by atoms with van der Waals surface area (Å²) in [5, 5.41) is 8.92. The highest BCUT2D eigenvalue weighted by Crippen LogP contribution is 2.28. The number of ether oxygens (including phenoxy) is 2. The number of hydrazine groups is 1. The Hall–Kier alpha value is -3.73. The lowest BCUT2D eigenvalue weighted by molar-refractivity contribution is -0.127. The van der Waals surface area contributed by atoms with Crippen LogP contribution < -0.4 is 15.6 Å². The molecule has 0 unspecified atom stereocenters. The molecular weight excluding hydrogens is 518 g/mol. The van der Waals surface area contributed by atoms with Crippen LogP contribution >= 0.6 is 0 Å². The van der Waals surface area contributed by atoms with Crippen LogP contribution in [0.25, 0.3) is 0 Å². The van der Waals surface area contributed by atoms with Crippen LogP contribution in [0.15, 0.2) is 88.8 Å². The zero-order chi connectivity index (χ0) is 27.7. The second-order valence-corrected chi connectivity index (χ2v) is 11.5. The van der Waals surface area contributed by atoms with Gasteiger partial charge in [-0.3, -0.25) is 10.2 Å². The highest BCUT2D eigenvalue weighted by molar-refractivity contribution is 7.91. The molecule has 0 radical (unpaired) electrons. The first-order valence-electron chi connectivity index (χ1n) is 12.7. The highest BCUT2D eigenvalue weighted by Gasteiger charge is 2.45. The third kappa shape index (κ3) is 7.44. The lowest BCUT2D eigenvalue weighted by Gasteiger charge is -2.23. The Bertz CT molecular complexity index is 1390. The van der Waals surface area contributed by atoms with Crippen LogP contribution in [0.5, 0.6) is 5.75 Å². The number of rotatable bonds is 13. The first-order chi connectivity index (χ1) is 18.8. The maximum atomic E-state index is 13.5. The lowest BCUT2D eigenvalue weighted by Crippen LogP contribution is -2.52. The summed E-state index contributed by atoms with van der Waals surface area (Å²) in [6, 6.07) is 23.1. The van der Waals surface area contributed by atoms with Crippen molar-refractivity contribution in [2.75, 3.05) is 25.6 Å². The number of nitrogens with zero attached hydrogens (tertiary/aromatic N) is 1. The van der Waals surface area contributed by atoms with Crippen LogP contribution in [0.3, 0.4) is 0 Å². The molecule has 0 aliphatic carbocycles. The Balaban J connectivity index is 1.52. The number of aryl methyl sites for hydroxylation is 1. The number of hydrogen-bond acceptors (Lipinski definition) is 8. The van der Waals surface area contributed by atoms with Gasteiger partial charge in [0, 0.05) is 25.1 Å². The zero-order valence-corrected chi connectivity index (χ0v) is 22.6. The number of nitrogens with one attached hydrogen (secondary N) is 2. The standard InChI is InChI=1S/C29H33N3O6S/c1-22-7-5-8-23(19-22)20-30-32-28(34)29(15-18-39(35,36)26-9-3-2-4-10-26)21-38-27(31-29)24-11-13-25(14-12-24)37-17-6-16-33/h2-5,7-14,19,30,33H,6,15-18,20-21H2,1H3,(H,32,34)/t29-/m0/s1. The topological polar surface area (TPSA) is 126 Å². The van der Waals surface area contributed by atoms with E-state index in [1.165, 1.54) is 12.1 Å². The van der Waals surface area contributed by atoms with E-state index in [2.05, 4.69) is 15.8 Å².